The van der Waals surface area contributed by atoms with E-state index in [-0.39, 0.29) is 38.2 Å². The van der Waals surface area contributed by atoms with Crippen LogP contribution in [-0.2, 0) is 28.6 Å². The van der Waals surface area contributed by atoms with Crippen LogP contribution in [0.25, 0.3) is 0 Å². The van der Waals surface area contributed by atoms with Gasteiger partial charge in [-0.05, 0) is 114 Å². The van der Waals surface area contributed by atoms with Gasteiger partial charge < -0.3 is 19.3 Å². The molecule has 8 atom stereocenters. The highest BCUT2D eigenvalue weighted by atomic mass is 19.4. The summed E-state index contributed by atoms with van der Waals surface area (Å²) in [6.07, 6.45) is -29.6. The fraction of sp³-hybridized carbons (Fsp3) is 0.857. The van der Waals surface area contributed by atoms with E-state index in [9.17, 15) is 72.2 Å². The van der Waals surface area contributed by atoms with Crippen LogP contribution >= 0.6 is 0 Å². The molecule has 4 fully saturated rings. The number of carbonyl (C=O) groups excluding carboxylic acids is 3. The third kappa shape index (κ3) is 8.64. The van der Waals surface area contributed by atoms with Crippen molar-refractivity contribution in [2.75, 3.05) is 6.61 Å². The monoisotopic (exact) mass is 804 g/mol. The molecule has 0 aromatic rings. The van der Waals surface area contributed by atoms with Gasteiger partial charge in [0.1, 0.15) is 6.10 Å². The Labute approximate surface area is 303 Å². The number of halogens is 12. The van der Waals surface area contributed by atoms with Crippen LogP contribution in [0.15, 0.2) is 12.2 Å². The summed E-state index contributed by atoms with van der Waals surface area (Å²) < 4.78 is 182. The number of aliphatic hydroxyl groups is 1. The largest absolute Gasteiger partial charge is 0.465 e. The van der Waals surface area contributed by atoms with Crippen molar-refractivity contribution in [2.24, 2.45) is 46.8 Å². The second-order valence-corrected chi connectivity index (χ2v) is 16.4. The van der Waals surface area contributed by atoms with Crippen molar-refractivity contribution in [3.8, 4) is 0 Å². The summed E-state index contributed by atoms with van der Waals surface area (Å²) in [4.78, 5) is 37.7. The third-order valence-electron chi connectivity index (χ3n) is 11.9. The summed E-state index contributed by atoms with van der Waals surface area (Å²) in [5.41, 5.74) is -11.3. The second-order valence-electron chi connectivity index (χ2n) is 16.4. The molecule has 0 aliphatic heterocycles. The Hall–Kier alpha value is -2.73. The van der Waals surface area contributed by atoms with Crippen LogP contribution < -0.4 is 0 Å². The second kappa shape index (κ2) is 15.0. The summed E-state index contributed by atoms with van der Waals surface area (Å²) in [6.45, 7) is 7.96. The number of carbonyl (C=O) groups is 3. The van der Waals surface area contributed by atoms with Crippen molar-refractivity contribution >= 4 is 17.9 Å². The molecule has 4 saturated carbocycles. The normalized spacial score (nSPS) is 29.5. The first-order chi connectivity index (χ1) is 24.4. The fourth-order valence-electron chi connectivity index (χ4n) is 9.07. The van der Waals surface area contributed by atoms with Gasteiger partial charge in [-0.3, -0.25) is 9.59 Å². The minimum absolute atomic E-state index is 0.0116. The molecular formula is C35H44F12O7. The zero-order chi connectivity index (χ0) is 41.0. The Kier molecular flexibility index (Phi) is 12.2. The molecule has 310 valence electrons. The third-order valence-corrected chi connectivity index (χ3v) is 11.9. The lowest BCUT2D eigenvalue weighted by molar-refractivity contribution is -0.388. The average Bonchev–Trinajstić information content (AvgIpc) is 3.73. The number of hydrogen-bond acceptors (Lipinski definition) is 7. The summed E-state index contributed by atoms with van der Waals surface area (Å²) in [7, 11) is 0. The van der Waals surface area contributed by atoms with Gasteiger partial charge in [0.25, 0.3) is 5.60 Å². The predicted molar refractivity (Wildman–Crippen MR) is 163 cm³/mol. The van der Waals surface area contributed by atoms with E-state index in [1.807, 2.05) is 0 Å². The van der Waals surface area contributed by atoms with E-state index in [0.29, 0.717) is 12.8 Å². The maximum absolute atomic E-state index is 14.4. The number of esters is 3. The summed E-state index contributed by atoms with van der Waals surface area (Å²) in [5.74, 6) is -9.95. The van der Waals surface area contributed by atoms with E-state index in [2.05, 4.69) is 11.3 Å². The van der Waals surface area contributed by atoms with Gasteiger partial charge in [0.05, 0.1) is 12.0 Å². The van der Waals surface area contributed by atoms with Gasteiger partial charge in [0, 0.05) is 24.3 Å². The molecule has 7 nitrogen and oxygen atoms in total. The predicted octanol–water partition coefficient (Wildman–Crippen LogP) is 8.96. The lowest BCUT2D eigenvalue weighted by atomic mass is 9.68. The standard InChI is InChI=1S/C35H44F12O7/c1-17(27(49)53-25-9-6-19-14-22(7-8-23(19)25)31(51,34(42,43)44)35(45,46)47)5-10-26(48)54-30(32(36,37)38,33(39,40)41)15-20-11-18-12-21(24(20)13-18)16-52-28(50)29(2,3)4/h18-25,51H,1,5-16H2,2-4H3. The molecule has 0 saturated heterocycles. The zero-order valence-corrected chi connectivity index (χ0v) is 29.7. The Morgan fingerprint density at radius 3 is 1.80 bits per heavy atom. The minimum atomic E-state index is -6.10. The lowest BCUT2D eigenvalue weighted by Crippen LogP contribution is -2.62. The van der Waals surface area contributed by atoms with Crippen molar-refractivity contribution in [3.63, 3.8) is 0 Å². The van der Waals surface area contributed by atoms with E-state index >= 15 is 0 Å². The maximum atomic E-state index is 14.4. The highest BCUT2D eigenvalue weighted by Crippen LogP contribution is 2.59. The number of fused-ring (bicyclic) bond motifs is 3. The smallest absolute Gasteiger partial charge is 0.437 e. The molecule has 4 aliphatic rings. The number of hydrogen-bond donors (Lipinski definition) is 1. The van der Waals surface area contributed by atoms with Crippen molar-refractivity contribution in [3.05, 3.63) is 12.2 Å². The Morgan fingerprint density at radius 2 is 1.28 bits per heavy atom. The molecule has 4 aliphatic carbocycles. The van der Waals surface area contributed by atoms with Crippen molar-refractivity contribution in [1.82, 2.24) is 0 Å². The molecule has 1 N–H and O–H groups in total. The SMILES string of the molecule is C=C(CCC(=O)OC(CC1CC2CC(COC(=O)C(C)(C)C)C1C2)(C(F)(F)F)C(F)(F)F)C(=O)OC1CCC2CC(C(O)(C(F)(F)F)C(F)(F)F)CCC21. The number of ether oxygens (including phenoxy) is 3. The van der Waals surface area contributed by atoms with Crippen LogP contribution in [0.5, 0.6) is 0 Å². The molecule has 4 rings (SSSR count). The molecule has 54 heavy (non-hydrogen) atoms. The van der Waals surface area contributed by atoms with Crippen LogP contribution in [-0.4, -0.2) is 71.6 Å². The van der Waals surface area contributed by atoms with Gasteiger partial charge in [-0.2, -0.15) is 52.7 Å². The molecular weight excluding hydrogens is 760 g/mol. The Morgan fingerprint density at radius 1 is 0.704 bits per heavy atom. The number of alkyl halides is 12. The van der Waals surface area contributed by atoms with Crippen LogP contribution in [0.1, 0.15) is 91.4 Å². The van der Waals surface area contributed by atoms with E-state index in [1.165, 1.54) is 0 Å². The van der Waals surface area contributed by atoms with E-state index in [1.54, 1.807) is 20.8 Å². The molecule has 0 spiro atoms. The van der Waals surface area contributed by atoms with Gasteiger partial charge >= 0.3 is 48.2 Å². The highest BCUT2D eigenvalue weighted by Gasteiger charge is 2.76. The molecule has 0 heterocycles. The van der Waals surface area contributed by atoms with E-state index < -0.39 is 139 Å². The quantitative estimate of drug-likeness (QED) is 0.0964. The highest BCUT2D eigenvalue weighted by molar-refractivity contribution is 5.88. The maximum Gasteiger partial charge on any atom is 0.437 e. The molecule has 8 unspecified atom stereocenters. The topological polar surface area (TPSA) is 99.1 Å². The lowest BCUT2D eigenvalue weighted by Gasteiger charge is -2.43. The molecule has 0 amide bonds. The van der Waals surface area contributed by atoms with Crippen LogP contribution in [0.3, 0.4) is 0 Å². The molecule has 0 aromatic heterocycles. The first-order valence-corrected chi connectivity index (χ1v) is 17.7. The van der Waals surface area contributed by atoms with E-state index in [4.69, 9.17) is 9.47 Å². The van der Waals surface area contributed by atoms with Crippen molar-refractivity contribution < 1.29 is 86.4 Å². The Bertz CT molecular complexity index is 1380. The van der Waals surface area contributed by atoms with Gasteiger partial charge in [-0.25, -0.2) is 4.79 Å². The van der Waals surface area contributed by atoms with Crippen molar-refractivity contribution in [1.29, 1.82) is 0 Å². The molecule has 0 aromatic carbocycles. The van der Waals surface area contributed by atoms with Gasteiger partial charge in [0.15, 0.2) is 0 Å². The molecule has 0 radical (unpaired) electrons. The summed E-state index contributed by atoms with van der Waals surface area (Å²) >= 11 is 0. The van der Waals surface area contributed by atoms with Gasteiger partial charge in [0.2, 0.25) is 0 Å². The van der Waals surface area contributed by atoms with Crippen LogP contribution in [0.4, 0.5) is 52.7 Å². The molecule has 19 heteroatoms. The Balaban J connectivity index is 1.36. The van der Waals surface area contributed by atoms with Crippen LogP contribution in [0.2, 0.25) is 0 Å². The van der Waals surface area contributed by atoms with Crippen molar-refractivity contribution in [2.45, 2.75) is 133 Å². The van der Waals surface area contributed by atoms with Gasteiger partial charge in [-0.15, -0.1) is 0 Å². The summed E-state index contributed by atoms with van der Waals surface area (Å²) in [6, 6.07) is 0. The van der Waals surface area contributed by atoms with Gasteiger partial charge in [-0.1, -0.05) is 6.58 Å². The average molecular weight is 805 g/mol. The zero-order valence-electron chi connectivity index (χ0n) is 29.7. The van der Waals surface area contributed by atoms with E-state index in [0.717, 1.165) is 0 Å². The summed E-state index contributed by atoms with van der Waals surface area (Å²) in [5, 5.41) is 9.82. The fourth-order valence-corrected chi connectivity index (χ4v) is 9.07. The minimum Gasteiger partial charge on any atom is -0.465 e. The van der Waals surface area contributed by atoms with Crippen LogP contribution in [0, 0.1) is 46.8 Å². The molecule has 2 bridgehead atoms. The first kappa shape index (κ1) is 44.0. The first-order valence-electron chi connectivity index (χ1n) is 17.7. The number of rotatable bonds is 11.